The van der Waals surface area contributed by atoms with Gasteiger partial charge in [-0.1, -0.05) is 0 Å². The molecule has 0 saturated heterocycles. The van der Waals surface area contributed by atoms with Gasteiger partial charge in [-0.3, -0.25) is 42.1 Å². The fourth-order valence-corrected chi connectivity index (χ4v) is 4.99. The molecule has 0 aliphatic carbocycles. The molecule has 0 unspecified atom stereocenters. The minimum atomic E-state index is -2.97. The van der Waals surface area contributed by atoms with Crippen LogP contribution in [0.15, 0.2) is 91.0 Å². The molecule has 0 spiro atoms. The van der Waals surface area contributed by atoms with Crippen LogP contribution in [-0.2, 0) is 106 Å². The van der Waals surface area contributed by atoms with E-state index in [-0.39, 0.29) is 66.3 Å². The van der Waals surface area contributed by atoms with Crippen molar-refractivity contribution in [2.24, 2.45) is 0 Å². The Kier molecular flexibility index (Phi) is 82.5. The minimum absolute atomic E-state index is 0. The number of rotatable bonds is 23. The average molecular weight is 1520 g/mol. The van der Waals surface area contributed by atoms with E-state index in [1.807, 2.05) is 54.6 Å². The number of aliphatic hydroxyl groups is 4. The zero-order chi connectivity index (χ0) is 74.2. The SMILES string of the molecule is O=C([O-])CC(O)(CC(=O)[O-])C(=O)[O-].O=C([O-])CC(O)(CC(=O)[O-])C(=O)[O-].O=C([O-])CC(O)(CC(=O)[O-])C(=O)[O-].O=C([O-])CC(O)(CC(=O)[O-])C(=O)[O-].O=C([O-])O.O=[C]([Fe+2])c1ccccc1.O=[C]([Fe+2])c1ccccc1.O=[C]([Fe+2])c1ccccc1.OO.OO.OO.OO.[H+].[H+].[H+].[NH4+].[NH4+].[NH4+].[Na+]. The Hall–Kier alpha value is -8.46. The molecule has 0 aliphatic rings. The summed E-state index contributed by atoms with van der Waals surface area (Å²) in [6, 6.07) is 27.0. The molecule has 49 heteroatoms. The second-order valence-corrected chi connectivity index (χ2v) is 16.3. The monoisotopic (exact) mass is 1520 g/mol. The molecule has 25 N–H and O–H groups in total. The first-order chi connectivity index (χ1) is 41.8. The third-order valence-corrected chi connectivity index (χ3v) is 8.95. The van der Waals surface area contributed by atoms with Gasteiger partial charge in [0.2, 0.25) is 6.16 Å². The predicted molar refractivity (Wildman–Crippen MR) is 259 cm³/mol. The molecule has 0 bridgehead atoms. The Labute approximate surface area is 581 Å². The first-order valence-electron chi connectivity index (χ1n) is 21.5. The van der Waals surface area contributed by atoms with Gasteiger partial charge in [0.25, 0.3) is 0 Å². The summed E-state index contributed by atoms with van der Waals surface area (Å²) in [7, 11) is 0. The maximum Gasteiger partial charge on any atom is 1.00 e. The topological polar surface area (TPSA) is 945 Å². The fraction of sp³-hybridized carbons (Fsp3) is 0.261. The van der Waals surface area contributed by atoms with Crippen LogP contribution in [0, 0.1) is 0 Å². The summed E-state index contributed by atoms with van der Waals surface area (Å²) in [5.41, 5.74) is -9.91. The first-order valence-corrected chi connectivity index (χ1v) is 23.2. The smallest absolute Gasteiger partial charge is 0.369 e. The van der Waals surface area contributed by atoms with Crippen molar-refractivity contribution >= 4 is 91.8 Å². The second kappa shape index (κ2) is 67.0. The molecule has 3 aromatic rings. The quantitative estimate of drug-likeness (QED) is 0.0238. The molecule has 0 aliphatic heterocycles. The number of benzene rings is 3. The summed E-state index contributed by atoms with van der Waals surface area (Å²) in [5.74, 6) is -23.9. The molecule has 0 aromatic heterocycles. The van der Waals surface area contributed by atoms with E-state index in [4.69, 9.17) is 77.5 Å². The van der Waals surface area contributed by atoms with Crippen molar-refractivity contribution in [2.45, 2.75) is 73.8 Å². The number of carboxylic acid groups (broad SMARTS) is 14. The van der Waals surface area contributed by atoms with Crippen LogP contribution in [0.25, 0.3) is 0 Å². The number of hydrogen-bond acceptors (Lipinski definition) is 41. The maximum absolute atomic E-state index is 10.5. The van der Waals surface area contributed by atoms with Crippen LogP contribution in [-0.4, -0.2) is 182 Å². The molecule has 535 valence electrons. The molecule has 3 aromatic carbocycles. The van der Waals surface area contributed by atoms with E-state index >= 15 is 0 Å². The van der Waals surface area contributed by atoms with Gasteiger partial charge in [-0.2, -0.15) is 0 Å². The average Bonchev–Trinajstić information content (AvgIpc) is 0.892. The van der Waals surface area contributed by atoms with E-state index in [0.29, 0.717) is 16.7 Å². The van der Waals surface area contributed by atoms with E-state index in [0.717, 1.165) is 0 Å². The standard InChI is InChI=1S/3C7H5O.4C6H8O7.CH2O3.3Fe.3H3N.Na.4H2O2/c3*8-6-7-4-2-1-3-5-7;4*7-3(8)1-6(13,5(11)12)2-4(9)10;2-1(3)4;;;;;;;;4*1-2/h3*1-5H;4*13H,1-2H2,(H,7,8)(H,9,10)(H,11,12);(H2,2,3,4);;;;3*1H3;;4*1-2H/q;;;;;;;;3*+2;;;;+1;;;;/p-7. The van der Waals surface area contributed by atoms with Gasteiger partial charge in [0.05, 0.1) is 23.9 Å². The van der Waals surface area contributed by atoms with Crippen molar-refractivity contribution in [3.8, 4) is 0 Å². The zero-order valence-corrected chi connectivity index (χ0v) is 53.8. The number of aliphatic carboxylic acids is 12. The predicted octanol–water partition coefficient (Wildman–Crippen LogP) is -19.5. The maximum atomic E-state index is 10.5. The Bertz CT molecular complexity index is 2380. The van der Waals surface area contributed by atoms with Crippen molar-refractivity contribution in [3.05, 3.63) is 108 Å². The normalized spacial score (nSPS) is 8.97. The van der Waals surface area contributed by atoms with Gasteiger partial charge >= 0.3 is 218 Å². The number of carbonyl (C=O) groups excluding carboxylic acids is 15. The molecular formula is C46H59Fe3N3NaO42. The summed E-state index contributed by atoms with van der Waals surface area (Å²) in [4.78, 5) is 160. The van der Waals surface area contributed by atoms with Gasteiger partial charge in [0.1, 0.15) is 22.4 Å². The minimum Gasteiger partial charge on any atom is -0.369 e. The van der Waals surface area contributed by atoms with Gasteiger partial charge in [-0.25, -0.2) is 0 Å². The Morgan fingerprint density at radius 2 is 0.379 bits per heavy atom. The van der Waals surface area contributed by atoms with Crippen molar-refractivity contribution in [1.29, 1.82) is 0 Å². The van der Waals surface area contributed by atoms with Crippen LogP contribution >= 0.6 is 0 Å². The Balaban J connectivity index is -0.0000000552. The summed E-state index contributed by atoms with van der Waals surface area (Å²) < 4.78 is -0.387. The zero-order valence-electron chi connectivity index (χ0n) is 51.5. The van der Waals surface area contributed by atoms with Gasteiger partial charge in [0.15, 0.2) is 0 Å². The van der Waals surface area contributed by atoms with E-state index in [2.05, 4.69) is 48.0 Å². The van der Waals surface area contributed by atoms with E-state index < -0.39 is 152 Å². The molecule has 95 heavy (non-hydrogen) atoms. The first kappa shape index (κ1) is 117. The summed E-state index contributed by atoms with van der Waals surface area (Å²) >= 11 is 9.81. The Morgan fingerprint density at radius 3 is 0.432 bits per heavy atom. The molecule has 3 rings (SSSR count). The van der Waals surface area contributed by atoms with Gasteiger partial charge < -0.3 is 173 Å². The van der Waals surface area contributed by atoms with Crippen molar-refractivity contribution < 1.29 is 293 Å². The van der Waals surface area contributed by atoms with Crippen LogP contribution in [0.2, 0.25) is 0 Å². The van der Waals surface area contributed by atoms with E-state index in [1.54, 1.807) is 36.4 Å². The van der Waals surface area contributed by atoms with Crippen LogP contribution in [0.5, 0.6) is 0 Å². The molecule has 0 radical (unpaired) electrons. The van der Waals surface area contributed by atoms with Crippen LogP contribution in [0.1, 0.15) is 86.7 Å². The van der Waals surface area contributed by atoms with Crippen LogP contribution in [0.4, 0.5) is 4.79 Å². The number of carboxylic acids is 12. The second-order valence-electron chi connectivity index (χ2n) is 14.8. The van der Waals surface area contributed by atoms with Crippen LogP contribution < -0.4 is 114 Å². The largest absolute Gasteiger partial charge is 1.00 e. The number of quaternary nitrogens is 3. The van der Waals surface area contributed by atoms with Gasteiger partial charge in [0, 0.05) is 99.1 Å². The molecule has 0 amide bonds. The molecule has 0 atom stereocenters. The van der Waals surface area contributed by atoms with Crippen molar-refractivity contribution in [3.63, 3.8) is 0 Å². The molecule has 0 heterocycles. The summed E-state index contributed by atoms with van der Waals surface area (Å²) in [6.45, 7) is 0. The number of carbonyl (C=O) groups is 16. The van der Waals surface area contributed by atoms with Gasteiger partial charge in [-0.05, 0) is 0 Å². The van der Waals surface area contributed by atoms with Crippen molar-refractivity contribution in [1.82, 2.24) is 18.5 Å². The Morgan fingerprint density at radius 1 is 0.284 bits per heavy atom. The van der Waals surface area contributed by atoms with Gasteiger partial charge in [-0.15, -0.1) is 0 Å². The summed E-state index contributed by atoms with van der Waals surface area (Å²) in [5, 5.41) is 219. The van der Waals surface area contributed by atoms with Crippen molar-refractivity contribution in [2.75, 3.05) is 0 Å². The third kappa shape index (κ3) is 71.2. The molecule has 0 saturated carbocycles. The third-order valence-electron chi connectivity index (χ3n) is 8.00. The summed E-state index contributed by atoms with van der Waals surface area (Å²) in [6.07, 6.45) is -12.9. The van der Waals surface area contributed by atoms with E-state index in [9.17, 15) is 133 Å². The molecular weight excluding hydrogens is 1460 g/mol. The molecule has 0 fully saturated rings. The molecule has 45 nitrogen and oxygen atoms in total. The fourth-order valence-electron chi connectivity index (χ4n) is 4.43. The van der Waals surface area contributed by atoms with Crippen LogP contribution in [0.3, 0.4) is 0 Å². The number of hydrogen-bond donors (Lipinski definition) is 16. The van der Waals surface area contributed by atoms with E-state index in [1.165, 1.54) is 0 Å².